The van der Waals surface area contributed by atoms with Crippen molar-refractivity contribution in [3.05, 3.63) is 287 Å². The number of benzene rings is 10. The lowest BCUT2D eigenvalue weighted by atomic mass is 9.52. The lowest BCUT2D eigenvalue weighted by molar-refractivity contribution is 0.633. The molecule has 13 rings (SSSR count). The molecular formula is C62H41N. The minimum atomic E-state index is -0.607. The van der Waals surface area contributed by atoms with E-state index in [0.717, 1.165) is 11.4 Å². The van der Waals surface area contributed by atoms with E-state index in [9.17, 15) is 0 Å². The van der Waals surface area contributed by atoms with Crippen molar-refractivity contribution >= 4 is 11.4 Å². The van der Waals surface area contributed by atoms with Gasteiger partial charge < -0.3 is 5.32 Å². The molecule has 0 radical (unpaired) electrons. The zero-order valence-corrected chi connectivity index (χ0v) is 34.6. The van der Waals surface area contributed by atoms with Crippen molar-refractivity contribution in [3.63, 3.8) is 0 Å². The molecule has 0 aliphatic heterocycles. The van der Waals surface area contributed by atoms with E-state index in [4.69, 9.17) is 0 Å². The molecular weight excluding hydrogens is 759 g/mol. The maximum atomic E-state index is 3.79. The molecule has 3 aliphatic rings. The van der Waals surface area contributed by atoms with Crippen LogP contribution in [0.1, 0.15) is 44.5 Å². The van der Waals surface area contributed by atoms with Crippen molar-refractivity contribution in [3.8, 4) is 55.6 Å². The minimum absolute atomic E-state index is 0.561. The number of anilines is 2. The summed E-state index contributed by atoms with van der Waals surface area (Å²) < 4.78 is 0. The van der Waals surface area contributed by atoms with Crippen LogP contribution in [0.25, 0.3) is 55.6 Å². The van der Waals surface area contributed by atoms with Gasteiger partial charge in [0.1, 0.15) is 0 Å². The first kappa shape index (κ1) is 35.7. The van der Waals surface area contributed by atoms with Gasteiger partial charge in [0, 0.05) is 11.4 Å². The first-order chi connectivity index (χ1) is 31.2. The van der Waals surface area contributed by atoms with Gasteiger partial charge in [0.05, 0.1) is 10.8 Å². The van der Waals surface area contributed by atoms with Crippen LogP contribution in [0.15, 0.2) is 243 Å². The first-order valence-corrected chi connectivity index (χ1v) is 22.0. The SMILES string of the molecule is c1ccc(-c2ccc(Nc3ccc4c(c3)-c3ccccc3C43c4ccc(-c5ccccc5)cc4C4(c5ccccc5-c5ccccc54)c4ccc(-c5ccccc5)cc43)cc2)cc1. The molecule has 1 unspecified atom stereocenters. The zero-order valence-electron chi connectivity index (χ0n) is 34.6. The largest absolute Gasteiger partial charge is 0.356 e. The molecule has 294 valence electrons. The van der Waals surface area contributed by atoms with E-state index in [-0.39, 0.29) is 0 Å². The third-order valence-electron chi connectivity index (χ3n) is 14.1. The van der Waals surface area contributed by atoms with Crippen molar-refractivity contribution in [1.29, 1.82) is 0 Å². The second kappa shape index (κ2) is 13.8. The van der Waals surface area contributed by atoms with Crippen LogP contribution >= 0.6 is 0 Å². The zero-order chi connectivity index (χ0) is 41.5. The Kier molecular flexibility index (Phi) is 7.80. The highest BCUT2D eigenvalue weighted by Gasteiger charge is 2.59. The molecule has 1 atom stereocenters. The van der Waals surface area contributed by atoms with E-state index < -0.39 is 10.8 Å². The predicted molar refractivity (Wildman–Crippen MR) is 261 cm³/mol. The van der Waals surface area contributed by atoms with Gasteiger partial charge >= 0.3 is 0 Å². The average molecular weight is 800 g/mol. The summed E-state index contributed by atoms with van der Waals surface area (Å²) in [6.45, 7) is 0. The van der Waals surface area contributed by atoms with E-state index in [0.29, 0.717) is 0 Å². The van der Waals surface area contributed by atoms with Crippen molar-refractivity contribution in [2.75, 3.05) is 5.32 Å². The summed E-state index contributed by atoms with van der Waals surface area (Å²) >= 11 is 0. The molecule has 0 amide bonds. The van der Waals surface area contributed by atoms with Gasteiger partial charge in [-0.15, -0.1) is 0 Å². The van der Waals surface area contributed by atoms with Gasteiger partial charge in [-0.25, -0.2) is 0 Å². The van der Waals surface area contributed by atoms with Crippen molar-refractivity contribution in [1.82, 2.24) is 0 Å². The maximum Gasteiger partial charge on any atom is 0.0720 e. The summed E-state index contributed by atoms with van der Waals surface area (Å²) in [6, 6.07) is 90.5. The molecule has 1 nitrogen and oxygen atoms in total. The van der Waals surface area contributed by atoms with E-state index in [1.807, 2.05) is 0 Å². The van der Waals surface area contributed by atoms with Crippen LogP contribution in [0, 0.1) is 0 Å². The fourth-order valence-corrected chi connectivity index (χ4v) is 11.6. The lowest BCUT2D eigenvalue weighted by Crippen LogP contribution is -2.44. The van der Waals surface area contributed by atoms with Crippen molar-refractivity contribution in [2.24, 2.45) is 0 Å². The Morgan fingerprint density at radius 1 is 0.206 bits per heavy atom. The molecule has 0 fully saturated rings. The highest BCUT2D eigenvalue weighted by Crippen LogP contribution is 2.68. The Morgan fingerprint density at radius 2 is 0.540 bits per heavy atom. The second-order valence-corrected chi connectivity index (χ2v) is 17.2. The van der Waals surface area contributed by atoms with Gasteiger partial charge in [-0.2, -0.15) is 0 Å². The highest BCUT2D eigenvalue weighted by molar-refractivity contribution is 5.95. The van der Waals surface area contributed by atoms with Gasteiger partial charge in [0.15, 0.2) is 0 Å². The van der Waals surface area contributed by atoms with Crippen LogP contribution in [0.5, 0.6) is 0 Å². The molecule has 1 heteroatoms. The monoisotopic (exact) mass is 799 g/mol. The number of rotatable bonds is 5. The molecule has 1 N–H and O–H groups in total. The minimum Gasteiger partial charge on any atom is -0.356 e. The lowest BCUT2D eigenvalue weighted by Gasteiger charge is -2.49. The van der Waals surface area contributed by atoms with Crippen LogP contribution in [-0.2, 0) is 10.8 Å². The third-order valence-corrected chi connectivity index (χ3v) is 14.1. The van der Waals surface area contributed by atoms with E-state index >= 15 is 0 Å². The molecule has 0 saturated carbocycles. The summed E-state index contributed by atoms with van der Waals surface area (Å²) in [5.74, 6) is 0. The maximum absolute atomic E-state index is 3.79. The van der Waals surface area contributed by atoms with Crippen LogP contribution in [-0.4, -0.2) is 0 Å². The number of hydrogen-bond acceptors (Lipinski definition) is 1. The van der Waals surface area contributed by atoms with Crippen LogP contribution < -0.4 is 5.32 Å². The quantitative estimate of drug-likeness (QED) is 0.183. The number of fused-ring (bicyclic) bond motifs is 16. The van der Waals surface area contributed by atoms with Crippen LogP contribution in [0.2, 0.25) is 0 Å². The average Bonchev–Trinajstić information content (AvgIpc) is 3.82. The molecule has 10 aromatic carbocycles. The molecule has 2 spiro atoms. The fraction of sp³-hybridized carbons (Fsp3) is 0.0323. The van der Waals surface area contributed by atoms with Crippen LogP contribution in [0.3, 0.4) is 0 Å². The normalized spacial score (nSPS) is 15.5. The summed E-state index contributed by atoms with van der Waals surface area (Å²) in [4.78, 5) is 0. The molecule has 0 heterocycles. The summed E-state index contributed by atoms with van der Waals surface area (Å²) in [5, 5.41) is 3.79. The Labute approximate surface area is 368 Å². The molecule has 63 heavy (non-hydrogen) atoms. The van der Waals surface area contributed by atoms with Gasteiger partial charge in [-0.1, -0.05) is 206 Å². The second-order valence-electron chi connectivity index (χ2n) is 17.2. The summed E-state index contributed by atoms with van der Waals surface area (Å²) in [7, 11) is 0. The van der Waals surface area contributed by atoms with E-state index in [1.54, 1.807) is 0 Å². The van der Waals surface area contributed by atoms with Crippen LogP contribution in [0.4, 0.5) is 11.4 Å². The molecule has 0 saturated heterocycles. The van der Waals surface area contributed by atoms with Gasteiger partial charge in [0.25, 0.3) is 0 Å². The molecule has 10 aromatic rings. The highest BCUT2D eigenvalue weighted by atomic mass is 14.9. The topological polar surface area (TPSA) is 12.0 Å². The van der Waals surface area contributed by atoms with Gasteiger partial charge in [0.2, 0.25) is 0 Å². The van der Waals surface area contributed by atoms with Crippen molar-refractivity contribution in [2.45, 2.75) is 10.8 Å². The Morgan fingerprint density at radius 3 is 1.02 bits per heavy atom. The first-order valence-electron chi connectivity index (χ1n) is 22.0. The third kappa shape index (κ3) is 5.05. The van der Waals surface area contributed by atoms with E-state index in [2.05, 4.69) is 248 Å². The van der Waals surface area contributed by atoms with Crippen molar-refractivity contribution < 1.29 is 0 Å². The molecule has 0 bridgehead atoms. The standard InChI is InChI=1S/C62H41N/c1-4-16-41(17-5-1)44-28-32-47(33-29-44)63-48-34-37-56-52(40-48)51-24-12-15-27-55(51)62(56)58-36-31-45(42-18-6-2-7-19-42)38-59(58)61(53-25-13-10-22-49(53)50-23-11-14-26-54(50)61)57-35-30-46(39-60(57)62)43-20-8-3-9-21-43/h1-40,63H. The Hall–Kier alpha value is -8.00. The summed E-state index contributed by atoms with van der Waals surface area (Å²) in [5.41, 5.74) is 24.0. The smallest absolute Gasteiger partial charge is 0.0720 e. The Bertz CT molecular complexity index is 3360. The predicted octanol–water partition coefficient (Wildman–Crippen LogP) is 15.5. The summed E-state index contributed by atoms with van der Waals surface area (Å²) in [6.07, 6.45) is 0. The van der Waals surface area contributed by atoms with E-state index in [1.165, 1.54) is 100 Å². The number of hydrogen-bond donors (Lipinski definition) is 1. The fourth-order valence-electron chi connectivity index (χ4n) is 11.6. The Balaban J connectivity index is 1.10. The molecule has 3 aliphatic carbocycles. The van der Waals surface area contributed by atoms with Gasteiger partial charge in [-0.3, -0.25) is 0 Å². The number of nitrogens with one attached hydrogen (secondary N) is 1. The molecule has 0 aromatic heterocycles. The van der Waals surface area contributed by atoms with Gasteiger partial charge in [-0.05, 0) is 137 Å².